The summed E-state index contributed by atoms with van der Waals surface area (Å²) in [6.07, 6.45) is 3.94. The SMILES string of the molecule is CSc1nc(/C=C(\C)[C@@H]2C[C@@H]3O[C@]3(C)CCC[C@H](C)[C@H](O)[C@@H](C)C(=O)C(C)(C)[C@@H](O)CC(=O)O2)cs1. The van der Waals surface area contributed by atoms with Gasteiger partial charge < -0.3 is 19.7 Å². The van der Waals surface area contributed by atoms with Gasteiger partial charge in [-0.1, -0.05) is 45.9 Å². The first-order valence-corrected chi connectivity index (χ1v) is 14.8. The Kier molecular flexibility index (Phi) is 9.47. The Hall–Kier alpha value is -1.26. The number of esters is 1. The van der Waals surface area contributed by atoms with Crippen molar-refractivity contribution < 1.29 is 29.3 Å². The Morgan fingerprint density at radius 1 is 1.25 bits per heavy atom. The van der Waals surface area contributed by atoms with Crippen molar-refractivity contribution in [2.75, 3.05) is 6.26 Å². The maximum absolute atomic E-state index is 13.2. The molecule has 2 N–H and O–H groups in total. The fraction of sp³-hybridized carbons (Fsp3) is 0.741. The number of hydrogen-bond donors (Lipinski definition) is 2. The van der Waals surface area contributed by atoms with E-state index in [0.717, 1.165) is 34.9 Å². The van der Waals surface area contributed by atoms with Crippen molar-refractivity contribution in [1.29, 1.82) is 0 Å². The minimum absolute atomic E-state index is 0.0501. The Morgan fingerprint density at radius 3 is 2.58 bits per heavy atom. The van der Waals surface area contributed by atoms with Crippen LogP contribution in [0.3, 0.4) is 0 Å². The van der Waals surface area contributed by atoms with E-state index in [-0.39, 0.29) is 29.8 Å². The molecule has 0 aliphatic carbocycles. The van der Waals surface area contributed by atoms with Gasteiger partial charge in [-0.15, -0.1) is 11.3 Å². The van der Waals surface area contributed by atoms with E-state index in [2.05, 4.69) is 11.9 Å². The van der Waals surface area contributed by atoms with Gasteiger partial charge in [0.15, 0.2) is 0 Å². The van der Waals surface area contributed by atoms with E-state index >= 15 is 0 Å². The van der Waals surface area contributed by atoms with E-state index in [4.69, 9.17) is 9.47 Å². The molecule has 0 radical (unpaired) electrons. The lowest BCUT2D eigenvalue weighted by Crippen LogP contribution is -2.45. The molecule has 202 valence electrons. The van der Waals surface area contributed by atoms with E-state index in [9.17, 15) is 19.8 Å². The van der Waals surface area contributed by atoms with Gasteiger partial charge in [0, 0.05) is 17.7 Å². The molecule has 2 saturated heterocycles. The topological polar surface area (TPSA) is 109 Å². The molecule has 0 spiro atoms. The third-order valence-corrected chi connectivity index (χ3v) is 9.85. The van der Waals surface area contributed by atoms with Crippen LogP contribution in [0.25, 0.3) is 6.08 Å². The summed E-state index contributed by atoms with van der Waals surface area (Å²) >= 11 is 3.15. The fourth-order valence-corrected chi connectivity index (χ4v) is 6.28. The number of nitrogens with zero attached hydrogens (tertiary/aromatic N) is 1. The van der Waals surface area contributed by atoms with E-state index in [1.165, 1.54) is 0 Å². The van der Waals surface area contributed by atoms with Crippen LogP contribution in [-0.2, 0) is 19.1 Å². The molecule has 3 heterocycles. The van der Waals surface area contributed by atoms with Crippen LogP contribution >= 0.6 is 23.1 Å². The standard InChI is InChI=1S/C27H41NO6S2/c1-15-9-8-10-27(6)21(34-27)12-19(16(2)11-18-14-36-25(28-18)35-7)33-22(30)13-20(29)26(4,5)24(32)17(3)23(15)31/h11,14-15,17,19-21,23,29,31H,8-10,12-13H2,1-7H3/b16-11+/t15-,17+,19-,20-,21-,23-,27+/m0/s1. The molecule has 3 rings (SSSR count). The summed E-state index contributed by atoms with van der Waals surface area (Å²) in [5.74, 6) is -1.55. The lowest BCUT2D eigenvalue weighted by atomic mass is 9.73. The van der Waals surface area contributed by atoms with Crippen molar-refractivity contribution in [2.24, 2.45) is 17.3 Å². The van der Waals surface area contributed by atoms with Crippen molar-refractivity contribution in [3.05, 3.63) is 16.6 Å². The number of aromatic nitrogens is 1. The van der Waals surface area contributed by atoms with Crippen LogP contribution in [-0.4, -0.2) is 63.2 Å². The number of epoxide rings is 1. The summed E-state index contributed by atoms with van der Waals surface area (Å²) in [5, 5.41) is 23.7. The van der Waals surface area contributed by atoms with E-state index in [1.807, 2.05) is 31.6 Å². The molecule has 7 nitrogen and oxygen atoms in total. The third kappa shape index (κ3) is 6.78. The van der Waals surface area contributed by atoms with Gasteiger partial charge >= 0.3 is 5.97 Å². The quantitative estimate of drug-likeness (QED) is 0.317. The monoisotopic (exact) mass is 539 g/mol. The van der Waals surface area contributed by atoms with Crippen molar-refractivity contribution in [3.63, 3.8) is 0 Å². The molecule has 36 heavy (non-hydrogen) atoms. The molecule has 7 atom stereocenters. The maximum atomic E-state index is 13.2. The number of thiazole rings is 1. The number of hydrogen-bond acceptors (Lipinski definition) is 9. The summed E-state index contributed by atoms with van der Waals surface area (Å²) in [4.78, 5) is 30.8. The van der Waals surface area contributed by atoms with Crippen LogP contribution in [0.1, 0.15) is 79.3 Å². The number of aliphatic hydroxyl groups excluding tert-OH is 2. The number of cyclic esters (lactones) is 1. The van der Waals surface area contributed by atoms with E-state index in [0.29, 0.717) is 6.42 Å². The zero-order valence-corrected chi connectivity index (χ0v) is 24.1. The van der Waals surface area contributed by atoms with Crippen molar-refractivity contribution >= 4 is 40.9 Å². The van der Waals surface area contributed by atoms with Gasteiger partial charge in [0.25, 0.3) is 0 Å². The molecule has 9 heteroatoms. The van der Waals surface area contributed by atoms with Crippen molar-refractivity contribution in [2.45, 2.75) is 108 Å². The molecule has 2 fully saturated rings. The third-order valence-electron chi connectivity index (χ3n) is 7.97. The Morgan fingerprint density at radius 2 is 1.94 bits per heavy atom. The van der Waals surface area contributed by atoms with Gasteiger partial charge in [0.1, 0.15) is 16.2 Å². The van der Waals surface area contributed by atoms with Crippen LogP contribution in [0.15, 0.2) is 15.3 Å². The number of aliphatic hydroxyl groups is 2. The molecule has 2 aliphatic rings. The zero-order chi connectivity index (χ0) is 26.8. The second-order valence-electron chi connectivity index (χ2n) is 11.2. The minimum atomic E-state index is -1.23. The number of ketones is 1. The largest absolute Gasteiger partial charge is 0.458 e. The second kappa shape index (κ2) is 11.6. The van der Waals surface area contributed by atoms with Gasteiger partial charge in [-0.3, -0.25) is 9.59 Å². The number of carbonyl (C=O) groups is 2. The number of fused-ring (bicyclic) bond motifs is 1. The number of rotatable bonds is 3. The van der Waals surface area contributed by atoms with Gasteiger partial charge in [-0.05, 0) is 50.5 Å². The smallest absolute Gasteiger partial charge is 0.309 e. The number of carbonyl (C=O) groups excluding carboxylic acids is 2. The van der Waals surface area contributed by atoms with Crippen LogP contribution in [0.4, 0.5) is 0 Å². The second-order valence-corrected chi connectivity index (χ2v) is 13.1. The molecule has 1 aromatic rings. The fourth-order valence-electron chi connectivity index (χ4n) is 5.05. The van der Waals surface area contributed by atoms with Gasteiger partial charge in [0.05, 0.1) is 41.4 Å². The van der Waals surface area contributed by atoms with Gasteiger partial charge in [-0.2, -0.15) is 0 Å². The lowest BCUT2D eigenvalue weighted by Gasteiger charge is -2.34. The zero-order valence-electron chi connectivity index (χ0n) is 22.4. The highest BCUT2D eigenvalue weighted by Gasteiger charge is 2.53. The first-order valence-electron chi connectivity index (χ1n) is 12.7. The highest BCUT2D eigenvalue weighted by atomic mass is 32.2. The molecule has 0 bridgehead atoms. The van der Waals surface area contributed by atoms with E-state index in [1.54, 1.807) is 43.9 Å². The predicted octanol–water partition coefficient (Wildman–Crippen LogP) is 4.89. The summed E-state index contributed by atoms with van der Waals surface area (Å²) in [5.41, 5.74) is 0.166. The molecule has 0 saturated carbocycles. The molecular formula is C27H41NO6S2. The Balaban J connectivity index is 1.85. The summed E-state index contributed by atoms with van der Waals surface area (Å²) in [7, 11) is 0. The average Bonchev–Trinajstić information content (AvgIpc) is 3.23. The number of Topliss-reactive ketones (excluding diaryl/α,β-unsaturated/α-hetero) is 1. The van der Waals surface area contributed by atoms with Crippen LogP contribution < -0.4 is 0 Å². The Bertz CT molecular complexity index is 975. The average molecular weight is 540 g/mol. The molecule has 1 aromatic heterocycles. The van der Waals surface area contributed by atoms with E-state index < -0.39 is 35.6 Å². The van der Waals surface area contributed by atoms with Crippen LogP contribution in [0.2, 0.25) is 0 Å². The molecule has 0 amide bonds. The van der Waals surface area contributed by atoms with Gasteiger partial charge in [0.2, 0.25) is 0 Å². The lowest BCUT2D eigenvalue weighted by molar-refractivity contribution is -0.154. The Labute approximate surface area is 223 Å². The molecule has 0 aromatic carbocycles. The number of ether oxygens (including phenoxy) is 2. The van der Waals surface area contributed by atoms with Crippen molar-refractivity contribution in [1.82, 2.24) is 4.98 Å². The summed E-state index contributed by atoms with van der Waals surface area (Å²) in [6, 6.07) is 0. The van der Waals surface area contributed by atoms with Crippen LogP contribution in [0, 0.1) is 17.3 Å². The normalized spacial score (nSPS) is 36.8. The summed E-state index contributed by atoms with van der Waals surface area (Å²) in [6.45, 7) is 10.9. The summed E-state index contributed by atoms with van der Waals surface area (Å²) < 4.78 is 12.9. The first kappa shape index (κ1) is 29.3. The molecule has 2 aliphatic heterocycles. The maximum Gasteiger partial charge on any atom is 0.309 e. The highest BCUT2D eigenvalue weighted by Crippen LogP contribution is 2.45. The highest BCUT2D eigenvalue weighted by molar-refractivity contribution is 8.00. The molecular weight excluding hydrogens is 498 g/mol. The molecule has 0 unspecified atom stereocenters. The predicted molar refractivity (Wildman–Crippen MR) is 143 cm³/mol. The van der Waals surface area contributed by atoms with Crippen LogP contribution in [0.5, 0.6) is 0 Å². The number of thioether (sulfide) groups is 1. The van der Waals surface area contributed by atoms with Crippen molar-refractivity contribution in [3.8, 4) is 0 Å². The van der Waals surface area contributed by atoms with Gasteiger partial charge in [-0.25, -0.2) is 4.98 Å². The first-order chi connectivity index (χ1) is 16.8. The minimum Gasteiger partial charge on any atom is -0.458 e.